The molecule has 9 heteroatoms. The molecule has 0 aliphatic heterocycles. The van der Waals surface area contributed by atoms with E-state index in [1.807, 2.05) is 31.3 Å². The van der Waals surface area contributed by atoms with Gasteiger partial charge in [-0.25, -0.2) is 9.98 Å². The lowest BCUT2D eigenvalue weighted by atomic mass is 10.1. The molecule has 3 rings (SSSR count). The molecule has 0 atom stereocenters. The van der Waals surface area contributed by atoms with E-state index in [0.717, 1.165) is 17.5 Å². The minimum atomic E-state index is -4.39. The van der Waals surface area contributed by atoms with Crippen molar-refractivity contribution in [3.63, 3.8) is 0 Å². The summed E-state index contributed by atoms with van der Waals surface area (Å²) in [6.07, 6.45) is -0.0693. The van der Waals surface area contributed by atoms with E-state index in [9.17, 15) is 13.2 Å². The maximum absolute atomic E-state index is 12.2. The fraction of sp³-hybridized carbons (Fsp3) is 0.333. The van der Waals surface area contributed by atoms with Gasteiger partial charge in [-0.1, -0.05) is 24.3 Å². The number of ether oxygens (including phenoxy) is 1. The lowest BCUT2D eigenvalue weighted by molar-refractivity contribution is -0.154. The van der Waals surface area contributed by atoms with Crippen molar-refractivity contribution < 1.29 is 17.9 Å². The highest BCUT2D eigenvalue weighted by molar-refractivity contribution is 5.83. The average Bonchev–Trinajstić information content (AvgIpc) is 3.14. The van der Waals surface area contributed by atoms with Crippen LogP contribution in [0.5, 0.6) is 5.88 Å². The molecule has 160 valence electrons. The van der Waals surface area contributed by atoms with Crippen LogP contribution in [0, 0.1) is 0 Å². The van der Waals surface area contributed by atoms with Crippen molar-refractivity contribution >= 4 is 16.9 Å². The number of rotatable bonds is 8. The zero-order chi connectivity index (χ0) is 21.4. The predicted molar refractivity (Wildman–Crippen MR) is 111 cm³/mol. The monoisotopic (exact) mass is 419 g/mol. The molecule has 3 N–H and O–H groups in total. The number of aromatic amines is 1. The van der Waals surface area contributed by atoms with Gasteiger partial charge in [-0.2, -0.15) is 13.2 Å². The van der Waals surface area contributed by atoms with Crippen LogP contribution in [0.25, 0.3) is 10.9 Å². The van der Waals surface area contributed by atoms with E-state index in [0.29, 0.717) is 25.6 Å². The van der Waals surface area contributed by atoms with Gasteiger partial charge in [-0.3, -0.25) is 0 Å². The summed E-state index contributed by atoms with van der Waals surface area (Å²) in [5.41, 5.74) is 3.11. The number of nitrogens with zero attached hydrogens (tertiary/aromatic N) is 2. The molecule has 0 unspecified atom stereocenters. The molecule has 0 aliphatic carbocycles. The van der Waals surface area contributed by atoms with Crippen LogP contribution in [0.1, 0.15) is 18.1 Å². The van der Waals surface area contributed by atoms with E-state index in [1.54, 1.807) is 6.07 Å². The quantitative estimate of drug-likeness (QED) is 0.384. The predicted octanol–water partition coefficient (Wildman–Crippen LogP) is 3.80. The second kappa shape index (κ2) is 10.00. The van der Waals surface area contributed by atoms with Crippen molar-refractivity contribution in [1.82, 2.24) is 20.6 Å². The number of aliphatic imine (C=N–C) groups is 1. The van der Waals surface area contributed by atoms with Gasteiger partial charge >= 0.3 is 6.18 Å². The van der Waals surface area contributed by atoms with E-state index < -0.39 is 12.8 Å². The van der Waals surface area contributed by atoms with Crippen molar-refractivity contribution in [2.75, 3.05) is 19.7 Å². The number of guanidine groups is 1. The highest BCUT2D eigenvalue weighted by Crippen LogP contribution is 2.18. The van der Waals surface area contributed by atoms with Crippen LogP contribution in [0.2, 0.25) is 0 Å². The first-order valence-corrected chi connectivity index (χ1v) is 9.66. The van der Waals surface area contributed by atoms with Crippen molar-refractivity contribution in [1.29, 1.82) is 0 Å². The zero-order valence-electron chi connectivity index (χ0n) is 16.6. The fourth-order valence-corrected chi connectivity index (χ4v) is 2.91. The van der Waals surface area contributed by atoms with E-state index in [-0.39, 0.29) is 5.88 Å². The third kappa shape index (κ3) is 6.40. The number of aromatic nitrogens is 2. The smallest absolute Gasteiger partial charge is 0.422 e. The van der Waals surface area contributed by atoms with Crippen LogP contribution in [-0.2, 0) is 13.0 Å². The highest BCUT2D eigenvalue weighted by Gasteiger charge is 2.28. The van der Waals surface area contributed by atoms with Crippen LogP contribution in [0.4, 0.5) is 13.2 Å². The molecule has 0 fully saturated rings. The van der Waals surface area contributed by atoms with E-state index in [2.05, 4.69) is 36.4 Å². The van der Waals surface area contributed by atoms with Crippen molar-refractivity contribution in [2.45, 2.75) is 26.1 Å². The molecule has 6 nitrogen and oxygen atoms in total. The summed E-state index contributed by atoms with van der Waals surface area (Å²) in [5, 5.41) is 7.68. The van der Waals surface area contributed by atoms with Gasteiger partial charge in [-0.15, -0.1) is 0 Å². The molecule has 0 radical (unpaired) electrons. The number of nitrogens with one attached hydrogen (secondary N) is 3. The number of fused-ring (bicyclic) bond motifs is 1. The third-order valence-electron chi connectivity index (χ3n) is 4.31. The van der Waals surface area contributed by atoms with Crippen LogP contribution < -0.4 is 15.4 Å². The van der Waals surface area contributed by atoms with E-state index in [4.69, 9.17) is 0 Å². The molecule has 30 heavy (non-hydrogen) atoms. The summed E-state index contributed by atoms with van der Waals surface area (Å²) >= 11 is 0. The Morgan fingerprint density at radius 3 is 2.73 bits per heavy atom. The normalized spacial score (nSPS) is 12.2. The Kier molecular flexibility index (Phi) is 7.16. The van der Waals surface area contributed by atoms with E-state index >= 15 is 0 Å². The number of para-hydroxylation sites is 1. The molecular formula is C21H24F3N5O. The zero-order valence-corrected chi connectivity index (χ0v) is 16.6. The lowest BCUT2D eigenvalue weighted by Crippen LogP contribution is -2.38. The van der Waals surface area contributed by atoms with Gasteiger partial charge in [0.05, 0.1) is 6.54 Å². The summed E-state index contributed by atoms with van der Waals surface area (Å²) in [6.45, 7) is 2.38. The Bertz CT molecular complexity index is 967. The minimum Gasteiger partial charge on any atom is -0.468 e. The highest BCUT2D eigenvalue weighted by atomic mass is 19.4. The number of hydrogen-bond acceptors (Lipinski definition) is 3. The van der Waals surface area contributed by atoms with Crippen LogP contribution in [-0.4, -0.2) is 41.8 Å². The lowest BCUT2D eigenvalue weighted by Gasteiger charge is -2.11. The molecular weight excluding hydrogens is 395 g/mol. The van der Waals surface area contributed by atoms with Crippen molar-refractivity contribution in [2.24, 2.45) is 4.99 Å². The summed E-state index contributed by atoms with van der Waals surface area (Å²) < 4.78 is 41.2. The van der Waals surface area contributed by atoms with Gasteiger partial charge in [0, 0.05) is 42.5 Å². The Morgan fingerprint density at radius 2 is 2.00 bits per heavy atom. The van der Waals surface area contributed by atoms with Gasteiger partial charge in [0.15, 0.2) is 12.6 Å². The number of pyridine rings is 1. The van der Waals surface area contributed by atoms with E-state index in [1.165, 1.54) is 23.2 Å². The largest absolute Gasteiger partial charge is 0.468 e. The Labute approximate surface area is 172 Å². The SMILES string of the molecule is CCNC(=NCc1ccc(OCC(F)(F)F)nc1)NCCc1c[nH]c2ccccc12. The van der Waals surface area contributed by atoms with Gasteiger partial charge in [0.1, 0.15) is 0 Å². The summed E-state index contributed by atoms with van der Waals surface area (Å²) in [7, 11) is 0. The van der Waals surface area contributed by atoms with Crippen LogP contribution in [0.15, 0.2) is 53.8 Å². The molecule has 0 aliphatic rings. The Balaban J connectivity index is 1.52. The standard InChI is InChI=1S/C21H24F3N5O/c1-2-25-20(26-10-9-16-13-27-18-6-4-3-5-17(16)18)29-12-15-7-8-19(28-11-15)30-14-21(22,23)24/h3-8,11,13,27H,2,9-10,12,14H2,1H3,(H2,25,26,29). The number of halogens is 3. The first-order valence-electron chi connectivity index (χ1n) is 9.66. The molecule has 2 aromatic heterocycles. The second-order valence-corrected chi connectivity index (χ2v) is 6.64. The molecule has 2 heterocycles. The number of benzene rings is 1. The molecule has 0 saturated heterocycles. The Hall–Kier alpha value is -3.23. The molecule has 0 saturated carbocycles. The second-order valence-electron chi connectivity index (χ2n) is 6.64. The molecule has 1 aromatic carbocycles. The number of hydrogen-bond donors (Lipinski definition) is 3. The molecule has 3 aromatic rings. The van der Waals surface area contributed by atoms with Crippen molar-refractivity contribution in [3.8, 4) is 5.88 Å². The summed E-state index contributed by atoms with van der Waals surface area (Å²) in [5.74, 6) is 0.596. The topological polar surface area (TPSA) is 74.3 Å². The first-order chi connectivity index (χ1) is 14.4. The maximum Gasteiger partial charge on any atom is 0.422 e. The summed E-state index contributed by atoms with van der Waals surface area (Å²) in [6, 6.07) is 11.2. The summed E-state index contributed by atoms with van der Waals surface area (Å²) in [4.78, 5) is 11.7. The van der Waals surface area contributed by atoms with Gasteiger partial charge in [-0.05, 0) is 30.5 Å². The molecule has 0 spiro atoms. The minimum absolute atomic E-state index is 0.0659. The first kappa shape index (κ1) is 21.5. The van der Waals surface area contributed by atoms with Crippen LogP contribution in [0.3, 0.4) is 0 Å². The third-order valence-corrected chi connectivity index (χ3v) is 4.31. The van der Waals surface area contributed by atoms with Gasteiger partial charge < -0.3 is 20.4 Å². The molecule has 0 bridgehead atoms. The number of H-pyrrole nitrogens is 1. The van der Waals surface area contributed by atoms with Gasteiger partial charge in [0.25, 0.3) is 0 Å². The van der Waals surface area contributed by atoms with Crippen LogP contribution >= 0.6 is 0 Å². The Morgan fingerprint density at radius 1 is 1.17 bits per heavy atom. The maximum atomic E-state index is 12.2. The molecule has 0 amide bonds. The van der Waals surface area contributed by atoms with Crippen molar-refractivity contribution in [3.05, 3.63) is 59.9 Å². The average molecular weight is 419 g/mol. The number of alkyl halides is 3. The van der Waals surface area contributed by atoms with Gasteiger partial charge in [0.2, 0.25) is 5.88 Å². The fourth-order valence-electron chi connectivity index (χ4n) is 2.91.